The molecule has 132 valence electrons. The fraction of sp³-hybridized carbons (Fsp3) is 0.579. The van der Waals surface area contributed by atoms with Gasteiger partial charge in [-0.3, -0.25) is 9.59 Å². The quantitative estimate of drug-likeness (QED) is 0.832. The molecule has 1 aromatic carbocycles. The summed E-state index contributed by atoms with van der Waals surface area (Å²) in [5.41, 5.74) is 1.09. The molecular formula is C19H27NO4. The summed E-state index contributed by atoms with van der Waals surface area (Å²) in [5, 5.41) is 9.25. The van der Waals surface area contributed by atoms with Gasteiger partial charge in [0.15, 0.2) is 0 Å². The summed E-state index contributed by atoms with van der Waals surface area (Å²) in [6.45, 7) is 5.27. The lowest BCUT2D eigenvalue weighted by molar-refractivity contribution is -0.149. The molecule has 2 atom stereocenters. The molecule has 0 aliphatic carbocycles. The van der Waals surface area contributed by atoms with Crippen LogP contribution >= 0.6 is 0 Å². The maximum absolute atomic E-state index is 12.5. The number of hydrogen-bond acceptors (Lipinski definition) is 3. The lowest BCUT2D eigenvalue weighted by Gasteiger charge is -2.37. The summed E-state index contributed by atoms with van der Waals surface area (Å²) >= 11 is 0. The van der Waals surface area contributed by atoms with Crippen LogP contribution in [0.3, 0.4) is 0 Å². The second-order valence-electron chi connectivity index (χ2n) is 6.41. The number of aliphatic carboxylic acids is 1. The SMILES string of the molecule is CCCOc1ccc(CCC(=O)N2CCC[C@H](C(=O)O)[C@@H]2C)cc1. The molecule has 0 bridgehead atoms. The van der Waals surface area contributed by atoms with Crippen LogP contribution in [0.2, 0.25) is 0 Å². The van der Waals surface area contributed by atoms with Crippen LogP contribution < -0.4 is 4.74 Å². The Morgan fingerprint density at radius 2 is 2.00 bits per heavy atom. The van der Waals surface area contributed by atoms with Crippen molar-refractivity contribution in [2.75, 3.05) is 13.2 Å². The Morgan fingerprint density at radius 1 is 1.29 bits per heavy atom. The fourth-order valence-electron chi connectivity index (χ4n) is 3.19. The number of carboxylic acid groups (broad SMARTS) is 1. The van der Waals surface area contributed by atoms with Gasteiger partial charge in [-0.2, -0.15) is 0 Å². The molecule has 0 radical (unpaired) electrons. The summed E-state index contributed by atoms with van der Waals surface area (Å²) < 4.78 is 5.55. The monoisotopic (exact) mass is 333 g/mol. The molecule has 1 fully saturated rings. The summed E-state index contributed by atoms with van der Waals surface area (Å²) in [4.78, 5) is 25.5. The van der Waals surface area contributed by atoms with Crippen molar-refractivity contribution in [2.45, 2.75) is 52.0 Å². The van der Waals surface area contributed by atoms with Crippen molar-refractivity contribution >= 4 is 11.9 Å². The van der Waals surface area contributed by atoms with Crippen molar-refractivity contribution in [3.8, 4) is 5.75 Å². The Labute approximate surface area is 143 Å². The molecule has 1 saturated heterocycles. The van der Waals surface area contributed by atoms with Crippen molar-refractivity contribution in [2.24, 2.45) is 5.92 Å². The van der Waals surface area contributed by atoms with Gasteiger partial charge in [0.2, 0.25) is 5.91 Å². The first-order valence-corrected chi connectivity index (χ1v) is 8.77. The Kier molecular flexibility index (Phi) is 6.64. The summed E-state index contributed by atoms with van der Waals surface area (Å²) in [5.74, 6) is -0.360. The number of aryl methyl sites for hydroxylation is 1. The number of carboxylic acids is 1. The average Bonchev–Trinajstić information content (AvgIpc) is 2.58. The van der Waals surface area contributed by atoms with E-state index in [2.05, 4.69) is 6.92 Å². The molecule has 5 heteroatoms. The topological polar surface area (TPSA) is 66.8 Å². The number of ether oxygens (including phenoxy) is 1. The van der Waals surface area contributed by atoms with Crippen LogP contribution in [0.15, 0.2) is 24.3 Å². The number of nitrogens with zero attached hydrogens (tertiary/aromatic N) is 1. The van der Waals surface area contributed by atoms with Gasteiger partial charge in [0, 0.05) is 19.0 Å². The van der Waals surface area contributed by atoms with Gasteiger partial charge in [0.1, 0.15) is 5.75 Å². The van der Waals surface area contributed by atoms with E-state index in [1.807, 2.05) is 31.2 Å². The molecule has 0 unspecified atom stereocenters. The van der Waals surface area contributed by atoms with Gasteiger partial charge in [0.05, 0.1) is 12.5 Å². The van der Waals surface area contributed by atoms with Crippen LogP contribution in [-0.4, -0.2) is 41.1 Å². The minimum Gasteiger partial charge on any atom is -0.494 e. The molecule has 0 spiro atoms. The van der Waals surface area contributed by atoms with Crippen LogP contribution in [0, 0.1) is 5.92 Å². The Hall–Kier alpha value is -2.04. The molecule has 1 heterocycles. The largest absolute Gasteiger partial charge is 0.494 e. The molecule has 0 aromatic heterocycles. The Bertz CT molecular complexity index is 555. The van der Waals surface area contributed by atoms with E-state index in [1.165, 1.54) is 0 Å². The first-order valence-electron chi connectivity index (χ1n) is 8.77. The minimum absolute atomic E-state index is 0.0414. The van der Waals surface area contributed by atoms with Gasteiger partial charge < -0.3 is 14.7 Å². The molecule has 1 aliphatic heterocycles. The third-order valence-electron chi connectivity index (χ3n) is 4.65. The highest BCUT2D eigenvalue weighted by molar-refractivity contribution is 5.79. The van der Waals surface area contributed by atoms with Crippen LogP contribution in [0.4, 0.5) is 0 Å². The first-order chi connectivity index (χ1) is 11.5. The lowest BCUT2D eigenvalue weighted by atomic mass is 9.90. The zero-order valence-corrected chi connectivity index (χ0v) is 14.5. The lowest BCUT2D eigenvalue weighted by Crippen LogP contribution is -2.49. The van der Waals surface area contributed by atoms with E-state index in [0.717, 1.165) is 24.2 Å². The first kappa shape index (κ1) is 18.3. The van der Waals surface area contributed by atoms with Crippen LogP contribution in [-0.2, 0) is 16.0 Å². The number of carbonyl (C=O) groups excluding carboxylic acids is 1. The number of amides is 1. The van der Waals surface area contributed by atoms with Crippen LogP contribution in [0.5, 0.6) is 5.75 Å². The zero-order valence-electron chi connectivity index (χ0n) is 14.5. The van der Waals surface area contributed by atoms with Crippen molar-refractivity contribution in [3.05, 3.63) is 29.8 Å². The van der Waals surface area contributed by atoms with E-state index < -0.39 is 11.9 Å². The van der Waals surface area contributed by atoms with E-state index in [1.54, 1.807) is 4.90 Å². The van der Waals surface area contributed by atoms with Crippen molar-refractivity contribution < 1.29 is 19.4 Å². The van der Waals surface area contributed by atoms with Crippen molar-refractivity contribution in [1.29, 1.82) is 0 Å². The highest BCUT2D eigenvalue weighted by Crippen LogP contribution is 2.24. The molecule has 5 nitrogen and oxygen atoms in total. The van der Waals surface area contributed by atoms with E-state index >= 15 is 0 Å². The van der Waals surface area contributed by atoms with E-state index in [4.69, 9.17) is 4.74 Å². The van der Waals surface area contributed by atoms with Crippen LogP contribution in [0.1, 0.15) is 45.1 Å². The van der Waals surface area contributed by atoms with Gasteiger partial charge in [-0.15, -0.1) is 0 Å². The highest BCUT2D eigenvalue weighted by atomic mass is 16.5. The average molecular weight is 333 g/mol. The predicted octanol–water partition coefficient (Wildman–Crippen LogP) is 3.12. The van der Waals surface area contributed by atoms with Gasteiger partial charge >= 0.3 is 5.97 Å². The number of rotatable bonds is 7. The Morgan fingerprint density at radius 3 is 2.62 bits per heavy atom. The number of benzene rings is 1. The van der Waals surface area contributed by atoms with Crippen molar-refractivity contribution in [1.82, 2.24) is 4.90 Å². The normalized spacial score (nSPS) is 20.7. The number of hydrogen-bond donors (Lipinski definition) is 1. The summed E-state index contributed by atoms with van der Waals surface area (Å²) in [7, 11) is 0. The fourth-order valence-corrected chi connectivity index (χ4v) is 3.19. The third-order valence-corrected chi connectivity index (χ3v) is 4.65. The minimum atomic E-state index is -0.803. The second kappa shape index (κ2) is 8.71. The molecule has 1 N–H and O–H groups in total. The summed E-state index contributed by atoms with van der Waals surface area (Å²) in [6, 6.07) is 7.60. The number of likely N-dealkylation sites (tertiary alicyclic amines) is 1. The van der Waals surface area contributed by atoms with Gasteiger partial charge in [-0.25, -0.2) is 0 Å². The Balaban J connectivity index is 1.87. The molecule has 1 aliphatic rings. The third kappa shape index (κ3) is 4.73. The molecule has 1 amide bonds. The van der Waals surface area contributed by atoms with Crippen LogP contribution in [0.25, 0.3) is 0 Å². The van der Waals surface area contributed by atoms with E-state index in [9.17, 15) is 14.7 Å². The standard InChI is InChI=1S/C19H27NO4/c1-3-13-24-16-9-6-15(7-10-16)8-11-18(21)20-12-4-5-17(14(20)2)19(22)23/h6-7,9-10,14,17H,3-5,8,11-13H2,1-2H3,(H,22,23)/t14-,17-/m0/s1. The second-order valence-corrected chi connectivity index (χ2v) is 6.41. The van der Waals surface area contributed by atoms with Gasteiger partial charge in [0.25, 0.3) is 0 Å². The van der Waals surface area contributed by atoms with Gasteiger partial charge in [-0.05, 0) is 50.3 Å². The molecule has 24 heavy (non-hydrogen) atoms. The van der Waals surface area contributed by atoms with E-state index in [0.29, 0.717) is 32.4 Å². The predicted molar refractivity (Wildman–Crippen MR) is 92.1 cm³/mol. The highest BCUT2D eigenvalue weighted by Gasteiger charge is 2.34. The number of carbonyl (C=O) groups is 2. The van der Waals surface area contributed by atoms with Crippen molar-refractivity contribution in [3.63, 3.8) is 0 Å². The zero-order chi connectivity index (χ0) is 17.5. The smallest absolute Gasteiger partial charge is 0.308 e. The maximum atomic E-state index is 12.5. The molecule has 2 rings (SSSR count). The molecular weight excluding hydrogens is 306 g/mol. The van der Waals surface area contributed by atoms with E-state index in [-0.39, 0.29) is 11.9 Å². The molecule has 0 saturated carbocycles. The molecule has 1 aromatic rings. The summed E-state index contributed by atoms with van der Waals surface area (Å²) in [6.07, 6.45) is 3.46. The number of piperidine rings is 1. The maximum Gasteiger partial charge on any atom is 0.308 e. The van der Waals surface area contributed by atoms with Gasteiger partial charge in [-0.1, -0.05) is 19.1 Å².